The predicted molar refractivity (Wildman–Crippen MR) is 116 cm³/mol. The van der Waals surface area contributed by atoms with Gasteiger partial charge in [-0.15, -0.1) is 0 Å². The molecular formula is C21H19N5OS. The molecule has 7 heteroatoms. The number of anilines is 4. The molecule has 0 fully saturated rings. The molecule has 1 aromatic heterocycles. The third kappa shape index (κ3) is 4.33. The van der Waals surface area contributed by atoms with E-state index in [1.165, 1.54) is 11.9 Å². The molecule has 0 amide bonds. The largest absolute Gasteiger partial charge is 0.337 e. The van der Waals surface area contributed by atoms with Gasteiger partial charge in [-0.3, -0.25) is 10.3 Å². The zero-order chi connectivity index (χ0) is 19.2. The topological polar surface area (TPSA) is 71.1 Å². The van der Waals surface area contributed by atoms with Crippen LogP contribution in [-0.2, 0) is 4.84 Å². The van der Waals surface area contributed by atoms with E-state index in [0.717, 1.165) is 27.3 Å². The van der Waals surface area contributed by atoms with Crippen molar-refractivity contribution in [3.8, 4) is 0 Å². The van der Waals surface area contributed by atoms with E-state index in [-0.39, 0.29) is 0 Å². The Morgan fingerprint density at radius 3 is 2.18 bits per heavy atom. The minimum Gasteiger partial charge on any atom is -0.337 e. The number of hydrogen-bond acceptors (Lipinski definition) is 7. The van der Waals surface area contributed by atoms with Gasteiger partial charge in [-0.05, 0) is 54.4 Å². The molecular weight excluding hydrogens is 370 g/mol. The molecule has 0 saturated heterocycles. The number of nitrogens with one attached hydrogen (secondary N) is 3. The van der Waals surface area contributed by atoms with Crippen molar-refractivity contribution in [2.24, 2.45) is 0 Å². The molecule has 0 atom stereocenters. The molecule has 4 aromatic rings. The summed E-state index contributed by atoms with van der Waals surface area (Å²) in [5.74, 6) is 1.33. The Hall–Kier alpha value is -3.29. The minimum absolute atomic E-state index is 0.664. The van der Waals surface area contributed by atoms with Crippen molar-refractivity contribution in [3.63, 3.8) is 0 Å². The second-order valence-corrected chi connectivity index (χ2v) is 6.82. The molecule has 140 valence electrons. The molecule has 0 aliphatic rings. The SMILES string of the molecule is CONc1cccc(SNc2nc3ccccc3nc2Nc2ccccc2)c1. The smallest absolute Gasteiger partial charge is 0.180 e. The number of hydrogen-bond donors (Lipinski definition) is 3. The summed E-state index contributed by atoms with van der Waals surface area (Å²) < 4.78 is 3.32. The number of benzene rings is 3. The first-order valence-electron chi connectivity index (χ1n) is 8.72. The first-order valence-corrected chi connectivity index (χ1v) is 9.54. The first-order chi connectivity index (χ1) is 13.8. The third-order valence-corrected chi connectivity index (χ3v) is 4.71. The van der Waals surface area contributed by atoms with Crippen molar-refractivity contribution in [1.29, 1.82) is 0 Å². The lowest BCUT2D eigenvalue weighted by Gasteiger charge is -2.13. The van der Waals surface area contributed by atoms with Crippen LogP contribution in [0.1, 0.15) is 0 Å². The Morgan fingerprint density at radius 2 is 1.43 bits per heavy atom. The van der Waals surface area contributed by atoms with Crippen molar-refractivity contribution < 1.29 is 4.84 Å². The fourth-order valence-corrected chi connectivity index (χ4v) is 3.35. The van der Waals surface area contributed by atoms with Gasteiger partial charge in [0.2, 0.25) is 0 Å². The monoisotopic (exact) mass is 389 g/mol. The van der Waals surface area contributed by atoms with Crippen molar-refractivity contribution in [1.82, 2.24) is 9.97 Å². The van der Waals surface area contributed by atoms with Gasteiger partial charge in [-0.2, -0.15) is 0 Å². The number of para-hydroxylation sites is 3. The Balaban J connectivity index is 1.62. The fourth-order valence-electron chi connectivity index (χ4n) is 2.66. The van der Waals surface area contributed by atoms with Crippen molar-refractivity contribution >= 4 is 46.0 Å². The first kappa shape index (κ1) is 18.1. The number of rotatable bonds is 7. The van der Waals surface area contributed by atoms with E-state index in [1.807, 2.05) is 78.9 Å². The second-order valence-electron chi connectivity index (χ2n) is 5.94. The van der Waals surface area contributed by atoms with Crippen LogP contribution in [0.2, 0.25) is 0 Å². The zero-order valence-electron chi connectivity index (χ0n) is 15.2. The highest BCUT2D eigenvalue weighted by atomic mass is 32.2. The summed E-state index contributed by atoms with van der Waals surface area (Å²) in [6, 6.07) is 25.6. The molecule has 1 heterocycles. The van der Waals surface area contributed by atoms with Crippen LogP contribution in [0.3, 0.4) is 0 Å². The quantitative estimate of drug-likeness (QED) is 0.286. The molecule has 0 unspecified atom stereocenters. The van der Waals surface area contributed by atoms with Gasteiger partial charge in [0, 0.05) is 10.6 Å². The maximum Gasteiger partial charge on any atom is 0.180 e. The van der Waals surface area contributed by atoms with Gasteiger partial charge in [0.15, 0.2) is 11.6 Å². The van der Waals surface area contributed by atoms with E-state index in [1.54, 1.807) is 7.11 Å². The van der Waals surface area contributed by atoms with Crippen LogP contribution in [0.15, 0.2) is 83.8 Å². The lowest BCUT2D eigenvalue weighted by molar-refractivity contribution is 0.271. The van der Waals surface area contributed by atoms with E-state index >= 15 is 0 Å². The fraction of sp³-hybridized carbons (Fsp3) is 0.0476. The van der Waals surface area contributed by atoms with Gasteiger partial charge in [-0.1, -0.05) is 36.4 Å². The van der Waals surface area contributed by atoms with Crippen LogP contribution in [0, 0.1) is 0 Å². The lowest BCUT2D eigenvalue weighted by Crippen LogP contribution is -2.02. The third-order valence-electron chi connectivity index (χ3n) is 3.93. The van der Waals surface area contributed by atoms with Crippen molar-refractivity contribution in [3.05, 3.63) is 78.9 Å². The standard InChI is InChI=1S/C21H19N5OS/c1-27-25-16-10-7-11-17(14-16)28-26-21-20(22-15-8-3-2-4-9-15)23-18-12-5-6-13-19(18)24-21/h2-14,25H,1H3,(H,22,23)(H,24,26). The minimum atomic E-state index is 0.664. The molecule has 4 rings (SSSR count). The van der Waals surface area contributed by atoms with Crippen LogP contribution in [0.25, 0.3) is 11.0 Å². The van der Waals surface area contributed by atoms with Crippen LogP contribution in [0.4, 0.5) is 23.0 Å². The number of aromatic nitrogens is 2. The van der Waals surface area contributed by atoms with Crippen LogP contribution in [-0.4, -0.2) is 17.1 Å². The second kappa shape index (κ2) is 8.60. The summed E-state index contributed by atoms with van der Waals surface area (Å²) in [6.45, 7) is 0. The van der Waals surface area contributed by atoms with Crippen molar-refractivity contribution in [2.45, 2.75) is 4.90 Å². The van der Waals surface area contributed by atoms with E-state index in [4.69, 9.17) is 14.8 Å². The molecule has 0 aliphatic carbocycles. The Labute approximate surface area is 167 Å². The van der Waals surface area contributed by atoms with Crippen LogP contribution >= 0.6 is 11.9 Å². The van der Waals surface area contributed by atoms with Gasteiger partial charge in [-0.25, -0.2) is 9.97 Å². The maximum atomic E-state index is 4.97. The average molecular weight is 389 g/mol. The van der Waals surface area contributed by atoms with Gasteiger partial charge in [0.25, 0.3) is 0 Å². The highest BCUT2D eigenvalue weighted by Crippen LogP contribution is 2.29. The molecule has 3 N–H and O–H groups in total. The Morgan fingerprint density at radius 1 is 0.750 bits per heavy atom. The molecule has 0 radical (unpaired) electrons. The summed E-state index contributed by atoms with van der Waals surface area (Å²) in [5.41, 5.74) is 6.33. The average Bonchev–Trinajstić information content (AvgIpc) is 2.73. The lowest BCUT2D eigenvalue weighted by atomic mass is 10.3. The summed E-state index contributed by atoms with van der Waals surface area (Å²) in [4.78, 5) is 15.5. The van der Waals surface area contributed by atoms with E-state index in [9.17, 15) is 0 Å². The molecule has 0 spiro atoms. The van der Waals surface area contributed by atoms with Crippen molar-refractivity contribution in [2.75, 3.05) is 22.6 Å². The van der Waals surface area contributed by atoms with E-state index in [0.29, 0.717) is 11.6 Å². The number of fused-ring (bicyclic) bond motifs is 1. The van der Waals surface area contributed by atoms with Crippen LogP contribution in [0.5, 0.6) is 0 Å². The molecule has 3 aromatic carbocycles. The summed E-state index contributed by atoms with van der Waals surface area (Å²) >= 11 is 1.46. The molecule has 0 saturated carbocycles. The normalized spacial score (nSPS) is 10.6. The molecule has 0 aliphatic heterocycles. The highest BCUT2D eigenvalue weighted by molar-refractivity contribution is 8.00. The Bertz CT molecular complexity index is 1070. The maximum absolute atomic E-state index is 4.97. The highest BCUT2D eigenvalue weighted by Gasteiger charge is 2.10. The predicted octanol–water partition coefficient (Wildman–Crippen LogP) is 5.47. The van der Waals surface area contributed by atoms with Gasteiger partial charge >= 0.3 is 0 Å². The summed E-state index contributed by atoms with van der Waals surface area (Å²) in [5, 5.41) is 3.35. The Kier molecular flexibility index (Phi) is 5.56. The number of nitrogens with zero attached hydrogens (tertiary/aromatic N) is 2. The summed E-state index contributed by atoms with van der Waals surface area (Å²) in [6.07, 6.45) is 0. The molecule has 0 bridgehead atoms. The summed E-state index contributed by atoms with van der Waals surface area (Å²) in [7, 11) is 1.59. The van der Waals surface area contributed by atoms with E-state index < -0.39 is 0 Å². The van der Waals surface area contributed by atoms with Gasteiger partial charge in [0.05, 0.1) is 23.8 Å². The van der Waals surface area contributed by atoms with Gasteiger partial charge in [0.1, 0.15) is 0 Å². The van der Waals surface area contributed by atoms with Crippen LogP contribution < -0.4 is 15.5 Å². The molecule has 28 heavy (non-hydrogen) atoms. The molecule has 6 nitrogen and oxygen atoms in total. The zero-order valence-corrected chi connectivity index (χ0v) is 16.0. The van der Waals surface area contributed by atoms with E-state index in [2.05, 4.69) is 15.5 Å². The van der Waals surface area contributed by atoms with Gasteiger partial charge < -0.3 is 10.0 Å².